The second-order valence-corrected chi connectivity index (χ2v) is 9.29. The van der Waals surface area contributed by atoms with Crippen molar-refractivity contribution in [1.29, 1.82) is 0 Å². The Labute approximate surface area is 84.3 Å². The zero-order valence-corrected chi connectivity index (χ0v) is 10.8. The van der Waals surface area contributed by atoms with Crippen LogP contribution >= 0.6 is 17.1 Å². The van der Waals surface area contributed by atoms with Crippen molar-refractivity contribution in [2.45, 2.75) is 39.9 Å². The van der Waals surface area contributed by atoms with Crippen LogP contribution in [0.2, 0.25) is 0 Å². The van der Waals surface area contributed by atoms with Gasteiger partial charge < -0.3 is 9.05 Å². The first-order valence-corrected chi connectivity index (χ1v) is 8.39. The van der Waals surface area contributed by atoms with Crippen LogP contribution in [0.3, 0.4) is 0 Å². The quantitative estimate of drug-likeness (QED) is 0.671. The molecular formula is C7H17O2PS2. The molecule has 0 rings (SSSR count). The standard InChI is InChI=1S/C7H17O2PS2/c1-6(2)8-10(11,12-5)9-7(3)4/h6-7H,1-5H3. The van der Waals surface area contributed by atoms with Crippen LogP contribution in [0.5, 0.6) is 0 Å². The van der Waals surface area contributed by atoms with E-state index in [9.17, 15) is 0 Å². The largest absolute Gasteiger partial charge is 0.319 e. The summed E-state index contributed by atoms with van der Waals surface area (Å²) in [6.07, 6.45) is 2.22. The Morgan fingerprint density at radius 2 is 1.42 bits per heavy atom. The van der Waals surface area contributed by atoms with Crippen LogP contribution in [0, 0.1) is 0 Å². The fourth-order valence-corrected chi connectivity index (χ4v) is 4.46. The van der Waals surface area contributed by atoms with Gasteiger partial charge in [-0.1, -0.05) is 11.4 Å². The highest BCUT2D eigenvalue weighted by Gasteiger charge is 2.20. The molecule has 0 heterocycles. The highest BCUT2D eigenvalue weighted by molar-refractivity contribution is 8.67. The van der Waals surface area contributed by atoms with Crippen LogP contribution in [0.25, 0.3) is 0 Å². The molecule has 0 saturated carbocycles. The van der Waals surface area contributed by atoms with Crippen LogP contribution in [0.4, 0.5) is 0 Å². The fraction of sp³-hybridized carbons (Fsp3) is 1.00. The molecule has 0 aliphatic rings. The number of rotatable bonds is 5. The molecule has 0 bridgehead atoms. The third-order valence-corrected chi connectivity index (χ3v) is 6.43. The third kappa shape index (κ3) is 5.55. The van der Waals surface area contributed by atoms with Gasteiger partial charge in [-0.25, -0.2) is 0 Å². The molecule has 2 nitrogen and oxygen atoms in total. The van der Waals surface area contributed by atoms with E-state index in [1.165, 1.54) is 11.4 Å². The van der Waals surface area contributed by atoms with E-state index in [0.29, 0.717) is 0 Å². The molecule has 0 atom stereocenters. The molecule has 0 amide bonds. The summed E-state index contributed by atoms with van der Waals surface area (Å²) in [6, 6.07) is 0. The first-order valence-electron chi connectivity index (χ1n) is 3.92. The second kappa shape index (κ2) is 5.61. The molecular weight excluding hydrogens is 211 g/mol. The molecule has 0 aromatic rings. The van der Waals surface area contributed by atoms with Gasteiger partial charge in [0.15, 0.2) is 0 Å². The highest BCUT2D eigenvalue weighted by atomic mass is 32.9. The second-order valence-electron chi connectivity index (χ2n) is 2.94. The summed E-state index contributed by atoms with van der Waals surface area (Å²) >= 11 is 6.80. The Morgan fingerprint density at radius 1 is 1.08 bits per heavy atom. The molecule has 74 valence electrons. The van der Waals surface area contributed by atoms with Crippen molar-refractivity contribution in [1.82, 2.24) is 0 Å². The molecule has 0 N–H and O–H groups in total. The van der Waals surface area contributed by atoms with Crippen LogP contribution in [0.15, 0.2) is 0 Å². The minimum absolute atomic E-state index is 0.141. The highest BCUT2D eigenvalue weighted by Crippen LogP contribution is 2.61. The van der Waals surface area contributed by atoms with E-state index in [1.807, 2.05) is 34.0 Å². The monoisotopic (exact) mass is 228 g/mol. The lowest BCUT2D eigenvalue weighted by Gasteiger charge is -2.23. The van der Waals surface area contributed by atoms with Gasteiger partial charge in [0.05, 0.1) is 12.2 Å². The normalized spacial score (nSPS) is 12.9. The third-order valence-electron chi connectivity index (χ3n) is 0.903. The van der Waals surface area contributed by atoms with E-state index in [-0.39, 0.29) is 12.2 Å². The average Bonchev–Trinajstić information content (AvgIpc) is 1.83. The summed E-state index contributed by atoms with van der Waals surface area (Å²) in [5.41, 5.74) is -2.06. The molecule has 0 unspecified atom stereocenters. The summed E-state index contributed by atoms with van der Waals surface area (Å²) in [6.45, 7) is 7.89. The number of hydrogen-bond donors (Lipinski definition) is 0. The van der Waals surface area contributed by atoms with Crippen LogP contribution < -0.4 is 0 Å². The Hall–Kier alpha value is 0.920. The fourth-order valence-electron chi connectivity index (χ4n) is 0.627. The van der Waals surface area contributed by atoms with E-state index < -0.39 is 5.69 Å². The zero-order chi connectivity index (χ0) is 9.78. The van der Waals surface area contributed by atoms with Crippen molar-refractivity contribution in [2.24, 2.45) is 0 Å². The van der Waals surface area contributed by atoms with Crippen molar-refractivity contribution < 1.29 is 9.05 Å². The summed E-state index contributed by atoms with van der Waals surface area (Å²) in [5, 5.41) is 0. The van der Waals surface area contributed by atoms with Crippen LogP contribution in [0.1, 0.15) is 27.7 Å². The van der Waals surface area contributed by atoms with Gasteiger partial charge in [0.25, 0.3) is 0 Å². The topological polar surface area (TPSA) is 18.5 Å². The lowest BCUT2D eigenvalue weighted by molar-refractivity contribution is 0.186. The molecule has 0 aliphatic heterocycles. The van der Waals surface area contributed by atoms with E-state index in [2.05, 4.69) is 0 Å². The smallest absolute Gasteiger partial charge is 0.247 e. The Kier molecular flexibility index (Phi) is 6.04. The van der Waals surface area contributed by atoms with Gasteiger partial charge in [-0.2, -0.15) is 0 Å². The van der Waals surface area contributed by atoms with Crippen LogP contribution in [-0.2, 0) is 20.9 Å². The summed E-state index contributed by atoms with van der Waals surface area (Å²) in [7, 11) is 0. The van der Waals surface area contributed by atoms with Crippen molar-refractivity contribution in [2.75, 3.05) is 6.26 Å². The molecule has 5 heteroatoms. The molecule has 0 spiro atoms. The predicted molar refractivity (Wildman–Crippen MR) is 60.2 cm³/mol. The van der Waals surface area contributed by atoms with Gasteiger partial charge in [0.1, 0.15) is 0 Å². The molecule has 0 fully saturated rings. The van der Waals surface area contributed by atoms with Crippen molar-refractivity contribution in [3.8, 4) is 0 Å². The van der Waals surface area contributed by atoms with Gasteiger partial charge in [-0.15, -0.1) is 0 Å². The van der Waals surface area contributed by atoms with E-state index in [1.54, 1.807) is 0 Å². The van der Waals surface area contributed by atoms with Crippen LogP contribution in [-0.4, -0.2) is 18.5 Å². The summed E-state index contributed by atoms with van der Waals surface area (Å²) in [4.78, 5) is 0. The molecule has 0 radical (unpaired) electrons. The SMILES string of the molecule is CSP(=S)(OC(C)C)OC(C)C. The maximum atomic E-state index is 5.56. The molecule has 0 aromatic heterocycles. The van der Waals surface area contributed by atoms with E-state index in [0.717, 1.165) is 0 Å². The van der Waals surface area contributed by atoms with Gasteiger partial charge >= 0.3 is 0 Å². The molecule has 0 aromatic carbocycles. The minimum atomic E-state index is -2.06. The lowest BCUT2D eigenvalue weighted by Crippen LogP contribution is -2.05. The average molecular weight is 228 g/mol. The number of hydrogen-bond acceptors (Lipinski definition) is 4. The predicted octanol–water partition coefficient (Wildman–Crippen LogP) is 3.42. The Morgan fingerprint density at radius 3 is 1.58 bits per heavy atom. The van der Waals surface area contributed by atoms with Gasteiger partial charge in [-0.3, -0.25) is 0 Å². The van der Waals surface area contributed by atoms with Gasteiger partial charge in [-0.05, 0) is 45.8 Å². The lowest BCUT2D eigenvalue weighted by atomic mass is 10.5. The maximum Gasteiger partial charge on any atom is 0.247 e. The maximum absolute atomic E-state index is 5.56. The zero-order valence-electron chi connectivity index (χ0n) is 8.23. The Balaban J connectivity index is 4.15. The molecule has 0 aliphatic carbocycles. The van der Waals surface area contributed by atoms with Crippen molar-refractivity contribution in [3.63, 3.8) is 0 Å². The van der Waals surface area contributed by atoms with Gasteiger partial charge in [0, 0.05) is 0 Å². The first-order chi connectivity index (χ1) is 5.39. The first kappa shape index (κ1) is 12.9. The summed E-state index contributed by atoms with van der Waals surface area (Å²) < 4.78 is 11.1. The molecule has 0 saturated heterocycles. The van der Waals surface area contributed by atoms with Gasteiger partial charge in [0.2, 0.25) is 5.69 Å². The minimum Gasteiger partial charge on any atom is -0.319 e. The van der Waals surface area contributed by atoms with Crippen molar-refractivity contribution in [3.05, 3.63) is 0 Å². The molecule has 12 heavy (non-hydrogen) atoms. The van der Waals surface area contributed by atoms with E-state index in [4.69, 9.17) is 20.9 Å². The summed E-state index contributed by atoms with van der Waals surface area (Å²) in [5.74, 6) is 0. The van der Waals surface area contributed by atoms with Crippen molar-refractivity contribution >= 4 is 28.9 Å². The Bertz CT molecular complexity index is 157. The van der Waals surface area contributed by atoms with E-state index >= 15 is 0 Å².